The number of benzene rings is 3. The fourth-order valence-electron chi connectivity index (χ4n) is 3.04. The highest BCUT2D eigenvalue weighted by molar-refractivity contribution is 6.31. The molecule has 0 saturated heterocycles. The summed E-state index contributed by atoms with van der Waals surface area (Å²) in [7, 11) is 0. The van der Waals surface area contributed by atoms with Crippen molar-refractivity contribution in [2.24, 2.45) is 4.99 Å². The molecule has 0 aromatic heterocycles. The second-order valence-corrected chi connectivity index (χ2v) is 6.43. The van der Waals surface area contributed by atoms with E-state index in [0.29, 0.717) is 0 Å². The van der Waals surface area contributed by atoms with Crippen molar-refractivity contribution >= 4 is 29.4 Å². The lowest BCUT2D eigenvalue weighted by molar-refractivity contribution is 0.908. The Morgan fingerprint density at radius 2 is 1.30 bits per heavy atom. The smallest absolute Gasteiger partial charge is 0.101 e. The fraction of sp³-hybridized carbons (Fsp3) is 0.0500. The number of hydrogen-bond acceptors (Lipinski definition) is 1. The van der Waals surface area contributed by atoms with Gasteiger partial charge in [0, 0.05) is 16.3 Å². The van der Waals surface area contributed by atoms with Crippen molar-refractivity contribution in [2.75, 3.05) is 0 Å². The van der Waals surface area contributed by atoms with Crippen molar-refractivity contribution in [3.8, 4) is 11.1 Å². The lowest BCUT2D eigenvalue weighted by Gasteiger charge is -2.08. The van der Waals surface area contributed by atoms with E-state index in [1.165, 1.54) is 11.1 Å². The van der Waals surface area contributed by atoms with Crippen LogP contribution in [0.5, 0.6) is 0 Å². The summed E-state index contributed by atoms with van der Waals surface area (Å²) in [6.07, 6.45) is 1.91. The highest BCUT2D eigenvalue weighted by Gasteiger charge is 2.28. The molecule has 0 aliphatic heterocycles. The van der Waals surface area contributed by atoms with Crippen molar-refractivity contribution < 1.29 is 0 Å². The predicted molar refractivity (Wildman–Crippen MR) is 97.8 cm³/mol. The standard InChI is InChI=1S/C20H13Cl2N/c21-14-6-8-16-17-9-7-15(22)11-19(17)20(18(16)10-14)23-12-13-4-2-1-3-5-13/h1-12,20H. The van der Waals surface area contributed by atoms with Crippen molar-refractivity contribution in [3.05, 3.63) is 93.5 Å². The SMILES string of the molecule is Clc1ccc2c(c1)C(N=Cc1ccccc1)c1cc(Cl)ccc1-2. The number of rotatable bonds is 2. The van der Waals surface area contributed by atoms with Gasteiger partial charge in [0.25, 0.3) is 0 Å². The van der Waals surface area contributed by atoms with Crippen LogP contribution in [-0.4, -0.2) is 6.21 Å². The van der Waals surface area contributed by atoms with Crippen LogP contribution in [0.3, 0.4) is 0 Å². The average Bonchev–Trinajstić information content (AvgIpc) is 2.86. The molecule has 0 saturated carbocycles. The Hall–Kier alpha value is -2.09. The summed E-state index contributed by atoms with van der Waals surface area (Å²) in [6, 6.07) is 22.0. The number of hydrogen-bond donors (Lipinski definition) is 0. The van der Waals surface area contributed by atoms with Gasteiger partial charge in [-0.3, -0.25) is 4.99 Å². The molecule has 23 heavy (non-hydrogen) atoms. The molecule has 0 radical (unpaired) electrons. The van der Waals surface area contributed by atoms with Gasteiger partial charge >= 0.3 is 0 Å². The molecule has 0 atom stereocenters. The topological polar surface area (TPSA) is 12.4 Å². The van der Waals surface area contributed by atoms with Crippen molar-refractivity contribution in [2.45, 2.75) is 6.04 Å². The molecule has 4 rings (SSSR count). The molecule has 1 aliphatic rings. The van der Waals surface area contributed by atoms with Gasteiger partial charge in [0.05, 0.1) is 0 Å². The summed E-state index contributed by atoms with van der Waals surface area (Å²) in [6.45, 7) is 0. The molecule has 0 fully saturated rings. The lowest BCUT2D eigenvalue weighted by atomic mass is 10.1. The van der Waals surface area contributed by atoms with E-state index in [1.807, 2.05) is 60.8 Å². The van der Waals surface area contributed by atoms with Gasteiger partial charge in [-0.25, -0.2) is 0 Å². The molecule has 3 aromatic carbocycles. The Morgan fingerprint density at radius 1 is 0.739 bits per heavy atom. The third-order valence-corrected chi connectivity index (χ3v) is 4.55. The van der Waals surface area contributed by atoms with E-state index in [0.717, 1.165) is 26.7 Å². The van der Waals surface area contributed by atoms with Gasteiger partial charge in [0.2, 0.25) is 0 Å². The second-order valence-electron chi connectivity index (χ2n) is 5.55. The van der Waals surface area contributed by atoms with Crippen LogP contribution < -0.4 is 0 Å². The average molecular weight is 338 g/mol. The Bertz CT molecular complexity index is 849. The van der Waals surface area contributed by atoms with Gasteiger partial charge in [0.15, 0.2) is 0 Å². The Kier molecular flexibility index (Phi) is 3.68. The molecule has 3 heteroatoms. The first-order valence-corrected chi connectivity index (χ1v) is 8.15. The molecule has 0 N–H and O–H groups in total. The number of aliphatic imine (C=N–C) groups is 1. The molecule has 0 heterocycles. The van der Waals surface area contributed by atoms with Crippen LogP contribution >= 0.6 is 23.2 Å². The first-order valence-electron chi connectivity index (χ1n) is 7.40. The predicted octanol–water partition coefficient (Wildman–Crippen LogP) is 6.18. The van der Waals surface area contributed by atoms with Gasteiger partial charge in [-0.05, 0) is 52.1 Å². The van der Waals surface area contributed by atoms with Gasteiger partial charge in [-0.2, -0.15) is 0 Å². The van der Waals surface area contributed by atoms with Crippen LogP contribution in [0.4, 0.5) is 0 Å². The molecule has 1 aliphatic carbocycles. The normalized spacial score (nSPS) is 13.3. The van der Waals surface area contributed by atoms with E-state index in [2.05, 4.69) is 12.1 Å². The molecule has 0 spiro atoms. The zero-order valence-electron chi connectivity index (χ0n) is 12.2. The summed E-state index contributed by atoms with van der Waals surface area (Å²) >= 11 is 12.4. The second kappa shape index (κ2) is 5.84. The van der Waals surface area contributed by atoms with E-state index < -0.39 is 0 Å². The molecular weight excluding hydrogens is 325 g/mol. The fourth-order valence-corrected chi connectivity index (χ4v) is 3.40. The van der Waals surface area contributed by atoms with Crippen molar-refractivity contribution in [1.29, 1.82) is 0 Å². The minimum absolute atomic E-state index is 0.0717. The van der Waals surface area contributed by atoms with Gasteiger partial charge in [-0.1, -0.05) is 65.7 Å². The summed E-state index contributed by atoms with van der Waals surface area (Å²) in [5.41, 5.74) is 5.68. The third kappa shape index (κ3) is 2.67. The number of nitrogens with zero attached hydrogens (tertiary/aromatic N) is 1. The maximum atomic E-state index is 6.20. The first-order chi connectivity index (χ1) is 11.2. The Labute approximate surface area is 145 Å². The summed E-state index contributed by atoms with van der Waals surface area (Å²) in [5, 5.41) is 1.45. The summed E-state index contributed by atoms with van der Waals surface area (Å²) in [5.74, 6) is 0. The van der Waals surface area contributed by atoms with E-state index in [4.69, 9.17) is 28.2 Å². The summed E-state index contributed by atoms with van der Waals surface area (Å²) in [4.78, 5) is 4.82. The van der Waals surface area contributed by atoms with Gasteiger partial charge in [-0.15, -0.1) is 0 Å². The van der Waals surface area contributed by atoms with E-state index in [1.54, 1.807) is 0 Å². The molecule has 1 nitrogen and oxygen atoms in total. The Balaban J connectivity index is 1.84. The molecular formula is C20H13Cl2N. The van der Waals surface area contributed by atoms with Crippen LogP contribution in [0.25, 0.3) is 11.1 Å². The van der Waals surface area contributed by atoms with Crippen LogP contribution in [0.2, 0.25) is 10.0 Å². The van der Waals surface area contributed by atoms with E-state index in [-0.39, 0.29) is 6.04 Å². The zero-order valence-corrected chi connectivity index (χ0v) is 13.7. The largest absolute Gasteiger partial charge is 0.280 e. The van der Waals surface area contributed by atoms with Crippen molar-refractivity contribution in [3.63, 3.8) is 0 Å². The first kappa shape index (κ1) is 14.5. The zero-order chi connectivity index (χ0) is 15.8. The number of halogens is 2. The highest BCUT2D eigenvalue weighted by Crippen LogP contribution is 2.47. The van der Waals surface area contributed by atoms with Gasteiger partial charge in [0.1, 0.15) is 6.04 Å². The van der Waals surface area contributed by atoms with Crippen LogP contribution in [0, 0.1) is 0 Å². The highest BCUT2D eigenvalue weighted by atomic mass is 35.5. The molecule has 0 bridgehead atoms. The van der Waals surface area contributed by atoms with E-state index in [9.17, 15) is 0 Å². The molecule has 3 aromatic rings. The quantitative estimate of drug-likeness (QED) is 0.495. The molecule has 0 amide bonds. The Morgan fingerprint density at radius 3 is 1.87 bits per heavy atom. The third-order valence-electron chi connectivity index (χ3n) is 4.08. The molecule has 112 valence electrons. The maximum absolute atomic E-state index is 6.20. The van der Waals surface area contributed by atoms with Crippen LogP contribution in [0.15, 0.2) is 71.7 Å². The minimum atomic E-state index is -0.0717. The van der Waals surface area contributed by atoms with Crippen LogP contribution in [0.1, 0.15) is 22.7 Å². The summed E-state index contributed by atoms with van der Waals surface area (Å²) < 4.78 is 0. The monoisotopic (exact) mass is 337 g/mol. The maximum Gasteiger partial charge on any atom is 0.101 e. The van der Waals surface area contributed by atoms with Crippen molar-refractivity contribution in [1.82, 2.24) is 0 Å². The van der Waals surface area contributed by atoms with Gasteiger partial charge < -0.3 is 0 Å². The van der Waals surface area contributed by atoms with E-state index >= 15 is 0 Å². The van der Waals surface area contributed by atoms with Crippen LogP contribution in [-0.2, 0) is 0 Å². The lowest BCUT2D eigenvalue weighted by Crippen LogP contribution is -1.94. The molecule has 0 unspecified atom stereocenters. The minimum Gasteiger partial charge on any atom is -0.280 e. The number of fused-ring (bicyclic) bond motifs is 3.